The molecule has 0 radical (unpaired) electrons. The van der Waals surface area contributed by atoms with Crippen molar-refractivity contribution >= 4 is 16.9 Å². The second-order valence-electron chi connectivity index (χ2n) is 6.63. The monoisotopic (exact) mass is 325 g/mol. The van der Waals surface area contributed by atoms with Gasteiger partial charge in [0.1, 0.15) is 0 Å². The van der Waals surface area contributed by atoms with Crippen molar-refractivity contribution in [2.75, 3.05) is 0 Å². The zero-order chi connectivity index (χ0) is 17.3. The van der Waals surface area contributed by atoms with Crippen LogP contribution in [-0.4, -0.2) is 21.1 Å². The zero-order valence-corrected chi connectivity index (χ0v) is 14.1. The number of nitrogens with zero attached hydrogens (tertiary/aromatic N) is 3. The summed E-state index contributed by atoms with van der Waals surface area (Å²) >= 11 is 0. The second kappa shape index (κ2) is 6.03. The average Bonchev–Trinajstić information content (AvgIpc) is 3.04. The Bertz CT molecular complexity index is 875. The zero-order valence-electron chi connectivity index (χ0n) is 14.1. The fraction of sp³-hybridized carbons (Fsp3) is 0.333. The molecular weight excluding hydrogens is 306 g/mol. The van der Waals surface area contributed by atoms with E-state index in [-0.39, 0.29) is 11.3 Å². The summed E-state index contributed by atoms with van der Waals surface area (Å²) < 4.78 is 10.7. The molecular formula is C18H19N3O3. The number of hydrogen-bond donors (Lipinski definition) is 0. The van der Waals surface area contributed by atoms with Crippen molar-refractivity contribution in [2.24, 2.45) is 0 Å². The third kappa shape index (κ3) is 3.13. The summed E-state index contributed by atoms with van der Waals surface area (Å²) in [5.74, 6) is 0.415. The van der Waals surface area contributed by atoms with E-state index in [4.69, 9.17) is 9.26 Å². The van der Waals surface area contributed by atoms with Gasteiger partial charge in [-0.25, -0.2) is 4.79 Å². The summed E-state index contributed by atoms with van der Waals surface area (Å²) in [5, 5.41) is 4.70. The standard InChI is InChI=1S/C18H19N3O3/c1-11(15-20-17(21-24-15)18(2,3)4)23-16(22)13-7-5-9-14-12(13)8-6-10-19-14/h5-11H,1-4H3. The van der Waals surface area contributed by atoms with Crippen molar-refractivity contribution < 1.29 is 14.1 Å². The highest BCUT2D eigenvalue weighted by atomic mass is 16.6. The normalized spacial score (nSPS) is 13.0. The maximum Gasteiger partial charge on any atom is 0.339 e. The molecule has 0 saturated heterocycles. The van der Waals surface area contributed by atoms with Crippen molar-refractivity contribution in [3.05, 3.63) is 53.8 Å². The molecule has 2 aromatic heterocycles. The molecule has 3 aromatic rings. The van der Waals surface area contributed by atoms with Crippen molar-refractivity contribution in [3.8, 4) is 0 Å². The van der Waals surface area contributed by atoms with Crippen molar-refractivity contribution in [1.29, 1.82) is 0 Å². The van der Waals surface area contributed by atoms with Gasteiger partial charge in [0.2, 0.25) is 0 Å². The molecule has 3 rings (SSSR count). The number of fused-ring (bicyclic) bond motifs is 1. The van der Waals surface area contributed by atoms with Crippen LogP contribution in [0.1, 0.15) is 55.9 Å². The first kappa shape index (κ1) is 16.1. The minimum atomic E-state index is -0.631. The van der Waals surface area contributed by atoms with E-state index >= 15 is 0 Å². The van der Waals surface area contributed by atoms with Gasteiger partial charge in [0.25, 0.3) is 5.89 Å². The Morgan fingerprint density at radius 3 is 2.71 bits per heavy atom. The van der Waals surface area contributed by atoms with E-state index in [1.165, 1.54) is 0 Å². The molecule has 2 heterocycles. The van der Waals surface area contributed by atoms with Gasteiger partial charge in [-0.3, -0.25) is 4.98 Å². The lowest BCUT2D eigenvalue weighted by atomic mass is 9.96. The molecule has 0 aliphatic rings. The highest BCUT2D eigenvalue weighted by Crippen LogP contribution is 2.24. The van der Waals surface area contributed by atoms with Gasteiger partial charge >= 0.3 is 5.97 Å². The summed E-state index contributed by atoms with van der Waals surface area (Å²) in [6.07, 6.45) is 1.06. The number of carbonyl (C=O) groups excluding carboxylic acids is 1. The first-order valence-electron chi connectivity index (χ1n) is 7.75. The van der Waals surface area contributed by atoms with Crippen LogP contribution in [0.2, 0.25) is 0 Å². The minimum absolute atomic E-state index is 0.229. The first-order chi connectivity index (χ1) is 11.4. The van der Waals surface area contributed by atoms with Crippen LogP contribution in [0.25, 0.3) is 10.9 Å². The van der Waals surface area contributed by atoms with Crippen LogP contribution >= 0.6 is 0 Å². The summed E-state index contributed by atoms with van der Waals surface area (Å²) in [6, 6.07) is 8.97. The topological polar surface area (TPSA) is 78.1 Å². The molecule has 0 fully saturated rings. The number of esters is 1. The van der Waals surface area contributed by atoms with E-state index in [9.17, 15) is 4.79 Å². The van der Waals surface area contributed by atoms with E-state index in [1.54, 1.807) is 31.3 Å². The molecule has 6 heteroatoms. The molecule has 1 unspecified atom stereocenters. The van der Waals surface area contributed by atoms with Crippen LogP contribution in [0.15, 0.2) is 41.1 Å². The van der Waals surface area contributed by atoms with Gasteiger partial charge in [0.05, 0.1) is 11.1 Å². The summed E-state index contributed by atoms with van der Waals surface area (Å²) in [6.45, 7) is 7.67. The van der Waals surface area contributed by atoms with E-state index in [1.807, 2.05) is 32.9 Å². The fourth-order valence-corrected chi connectivity index (χ4v) is 2.26. The largest absolute Gasteiger partial charge is 0.449 e. The molecule has 0 saturated carbocycles. The Labute approximate surface area is 139 Å². The molecule has 0 aliphatic heterocycles. The predicted molar refractivity (Wildman–Crippen MR) is 88.6 cm³/mol. The fourth-order valence-electron chi connectivity index (χ4n) is 2.26. The summed E-state index contributed by atoms with van der Waals surface area (Å²) in [4.78, 5) is 21.1. The number of ether oxygens (including phenoxy) is 1. The third-order valence-corrected chi connectivity index (χ3v) is 3.61. The van der Waals surface area contributed by atoms with E-state index in [2.05, 4.69) is 15.1 Å². The van der Waals surface area contributed by atoms with E-state index < -0.39 is 12.1 Å². The second-order valence-corrected chi connectivity index (χ2v) is 6.63. The Morgan fingerprint density at radius 2 is 2.00 bits per heavy atom. The maximum absolute atomic E-state index is 12.5. The van der Waals surface area contributed by atoms with Crippen LogP contribution in [-0.2, 0) is 10.2 Å². The average molecular weight is 325 g/mol. The molecule has 0 spiro atoms. The quantitative estimate of drug-likeness (QED) is 0.681. The number of hydrogen-bond acceptors (Lipinski definition) is 6. The molecule has 0 bridgehead atoms. The molecule has 0 N–H and O–H groups in total. The number of pyridine rings is 1. The Hall–Kier alpha value is -2.76. The van der Waals surface area contributed by atoms with Crippen LogP contribution in [0.5, 0.6) is 0 Å². The van der Waals surface area contributed by atoms with Crippen LogP contribution in [0.3, 0.4) is 0 Å². The lowest BCUT2D eigenvalue weighted by Crippen LogP contribution is -2.14. The van der Waals surface area contributed by atoms with Crippen molar-refractivity contribution in [2.45, 2.75) is 39.2 Å². The maximum atomic E-state index is 12.5. The number of rotatable bonds is 3. The van der Waals surface area contributed by atoms with E-state index in [0.29, 0.717) is 11.4 Å². The van der Waals surface area contributed by atoms with Crippen molar-refractivity contribution in [1.82, 2.24) is 15.1 Å². The molecule has 124 valence electrons. The van der Waals surface area contributed by atoms with Crippen LogP contribution in [0.4, 0.5) is 0 Å². The van der Waals surface area contributed by atoms with Gasteiger partial charge in [-0.2, -0.15) is 4.98 Å². The smallest absolute Gasteiger partial charge is 0.339 e. The summed E-state index contributed by atoms with van der Waals surface area (Å²) in [5.41, 5.74) is 0.975. The number of aromatic nitrogens is 3. The molecule has 24 heavy (non-hydrogen) atoms. The van der Waals surface area contributed by atoms with Gasteiger partial charge in [-0.1, -0.05) is 38.1 Å². The number of benzene rings is 1. The Morgan fingerprint density at radius 1 is 1.21 bits per heavy atom. The highest BCUT2D eigenvalue weighted by Gasteiger charge is 2.25. The molecule has 1 atom stereocenters. The molecule has 0 aliphatic carbocycles. The molecule has 0 amide bonds. The Balaban J connectivity index is 1.82. The molecule has 6 nitrogen and oxygen atoms in total. The van der Waals surface area contributed by atoms with Crippen LogP contribution < -0.4 is 0 Å². The van der Waals surface area contributed by atoms with Gasteiger partial charge in [-0.05, 0) is 25.1 Å². The van der Waals surface area contributed by atoms with Gasteiger partial charge < -0.3 is 9.26 Å². The summed E-state index contributed by atoms with van der Waals surface area (Å²) in [7, 11) is 0. The van der Waals surface area contributed by atoms with E-state index in [0.717, 1.165) is 10.9 Å². The first-order valence-corrected chi connectivity index (χ1v) is 7.75. The minimum Gasteiger partial charge on any atom is -0.449 e. The van der Waals surface area contributed by atoms with Crippen LogP contribution in [0, 0.1) is 0 Å². The van der Waals surface area contributed by atoms with Gasteiger partial charge in [0.15, 0.2) is 11.9 Å². The molecule has 1 aromatic carbocycles. The van der Waals surface area contributed by atoms with Crippen molar-refractivity contribution in [3.63, 3.8) is 0 Å². The lowest BCUT2D eigenvalue weighted by Gasteiger charge is -2.12. The van der Waals surface area contributed by atoms with Gasteiger partial charge in [0, 0.05) is 17.0 Å². The lowest BCUT2D eigenvalue weighted by molar-refractivity contribution is 0.0267. The Kier molecular flexibility index (Phi) is 4.05. The third-order valence-electron chi connectivity index (χ3n) is 3.61. The van der Waals surface area contributed by atoms with Gasteiger partial charge in [-0.15, -0.1) is 0 Å². The predicted octanol–water partition coefficient (Wildman–Crippen LogP) is 3.83. The number of carbonyl (C=O) groups is 1. The highest BCUT2D eigenvalue weighted by molar-refractivity contribution is 6.03. The SMILES string of the molecule is CC(OC(=O)c1cccc2ncccc12)c1nc(C(C)(C)C)no1.